The van der Waals surface area contributed by atoms with E-state index in [-0.39, 0.29) is 29.4 Å². The molecule has 4 heterocycles. The molecular weight excluding hydrogens is 562 g/mol. The van der Waals surface area contributed by atoms with Gasteiger partial charge in [-0.25, -0.2) is 19.6 Å². The molecule has 2 atom stereocenters. The molecule has 2 aliphatic heterocycles. The Hall–Kier alpha value is -4.29. The number of carboxylic acid groups (broad SMARTS) is 2. The number of halogens is 6. The van der Waals surface area contributed by atoms with E-state index in [2.05, 4.69) is 25.1 Å². The number of Topliss-reactive ketones (excluding diaryl/α,β-unsaturated/α-hetero) is 1. The van der Waals surface area contributed by atoms with Gasteiger partial charge in [0, 0.05) is 51.4 Å². The highest BCUT2D eigenvalue weighted by Gasteiger charge is 2.40. The first-order chi connectivity index (χ1) is 18.5. The molecule has 2 aromatic rings. The Balaban J connectivity index is 0.000000333. The molecule has 2 aromatic heterocycles. The van der Waals surface area contributed by atoms with Crippen LogP contribution in [-0.4, -0.2) is 110 Å². The molecule has 2 aliphatic rings. The number of aromatic nitrogens is 4. The lowest BCUT2D eigenvalue weighted by Gasteiger charge is -2.23. The van der Waals surface area contributed by atoms with Crippen LogP contribution in [0, 0.1) is 5.92 Å². The summed E-state index contributed by atoms with van der Waals surface area (Å²) in [5, 5.41) is 20.8. The summed E-state index contributed by atoms with van der Waals surface area (Å²) in [6.07, 6.45) is -6.73. The second kappa shape index (κ2) is 13.2. The van der Waals surface area contributed by atoms with Crippen molar-refractivity contribution in [1.29, 1.82) is 0 Å². The quantitative estimate of drug-likeness (QED) is 0.353. The molecule has 0 radical (unpaired) electrons. The number of carbonyl (C=O) groups is 4. The first-order valence-corrected chi connectivity index (χ1v) is 11.1. The van der Waals surface area contributed by atoms with Gasteiger partial charge in [-0.05, 0) is 12.1 Å². The van der Waals surface area contributed by atoms with Crippen molar-refractivity contribution in [2.45, 2.75) is 25.4 Å². The van der Waals surface area contributed by atoms with Gasteiger partial charge >= 0.3 is 24.3 Å². The molecule has 0 aliphatic carbocycles. The van der Waals surface area contributed by atoms with Gasteiger partial charge in [-0.15, -0.1) is 0 Å². The number of fused-ring (bicyclic) bond motifs is 1. The molecule has 0 spiro atoms. The third-order valence-electron chi connectivity index (χ3n) is 5.31. The Morgan fingerprint density at radius 1 is 0.975 bits per heavy atom. The average Bonchev–Trinajstić information content (AvgIpc) is 3.47. The van der Waals surface area contributed by atoms with E-state index in [1.165, 1.54) is 13.0 Å². The number of anilines is 1. The number of alkyl halides is 6. The number of ketones is 1. The molecule has 0 aromatic carbocycles. The number of aromatic amines is 1. The summed E-state index contributed by atoms with van der Waals surface area (Å²) in [4.78, 5) is 54.4. The highest BCUT2D eigenvalue weighted by Crippen LogP contribution is 2.26. The van der Waals surface area contributed by atoms with Crippen molar-refractivity contribution in [3.8, 4) is 0 Å². The van der Waals surface area contributed by atoms with Crippen LogP contribution in [0.3, 0.4) is 0 Å². The number of hydrogen-bond donors (Lipinski definition) is 3. The standard InChI is InChI=1S/C17H20N6O3.2C2HF3O2/c1-11(24)13-7-14(21-20-13)16(25)23-9-12-8-22(5-6-26-15(12)10-23)17-18-3-2-4-19-17;2*3-2(4,5)1(6)7/h2-4,7,12,15H,5-6,8-10H2,1H3,(H,20,21);2*(H,6,7)/t12-,15+;;/m0../s1. The lowest BCUT2D eigenvalue weighted by molar-refractivity contribution is -0.193. The van der Waals surface area contributed by atoms with Crippen LogP contribution in [0.1, 0.15) is 27.9 Å². The SMILES string of the molecule is CC(=O)c1cc(C(=O)N2C[C@@H]3CN(c4ncccn4)CCO[C@@H]3C2)[nH]n1.O=C(O)C(F)(F)F.O=C(O)C(F)(F)F. The van der Waals surface area contributed by atoms with Crippen LogP contribution in [0.15, 0.2) is 24.5 Å². The molecule has 0 saturated carbocycles. The van der Waals surface area contributed by atoms with Crippen molar-refractivity contribution in [1.82, 2.24) is 25.1 Å². The number of nitrogens with zero attached hydrogens (tertiary/aromatic N) is 5. The molecule has 0 bridgehead atoms. The zero-order valence-corrected chi connectivity index (χ0v) is 20.4. The third-order valence-corrected chi connectivity index (χ3v) is 5.31. The first kappa shape index (κ1) is 31.9. The van der Waals surface area contributed by atoms with Crippen molar-refractivity contribution >= 4 is 29.6 Å². The smallest absolute Gasteiger partial charge is 0.475 e. The number of likely N-dealkylation sites (tertiary alicyclic amines) is 1. The molecule has 1 amide bonds. The minimum atomic E-state index is -5.08. The molecule has 40 heavy (non-hydrogen) atoms. The van der Waals surface area contributed by atoms with Gasteiger partial charge < -0.3 is 24.7 Å². The van der Waals surface area contributed by atoms with Gasteiger partial charge in [0.25, 0.3) is 5.91 Å². The largest absolute Gasteiger partial charge is 0.490 e. The molecule has 3 N–H and O–H groups in total. The molecule has 4 rings (SSSR count). The van der Waals surface area contributed by atoms with Crippen molar-refractivity contribution in [3.63, 3.8) is 0 Å². The Morgan fingerprint density at radius 3 is 2.00 bits per heavy atom. The Kier molecular flexibility index (Phi) is 10.5. The maximum atomic E-state index is 12.7. The maximum absolute atomic E-state index is 12.7. The van der Waals surface area contributed by atoms with E-state index in [0.717, 1.165) is 13.1 Å². The number of carboxylic acids is 2. The van der Waals surface area contributed by atoms with Crippen molar-refractivity contribution in [2.75, 3.05) is 37.7 Å². The number of hydrogen-bond acceptors (Lipinski definition) is 9. The zero-order chi connectivity index (χ0) is 30.3. The van der Waals surface area contributed by atoms with Crippen LogP contribution in [0.2, 0.25) is 0 Å². The van der Waals surface area contributed by atoms with Crippen LogP contribution in [0.4, 0.5) is 32.3 Å². The van der Waals surface area contributed by atoms with Gasteiger partial charge in [-0.3, -0.25) is 14.7 Å². The summed E-state index contributed by atoms with van der Waals surface area (Å²) < 4.78 is 69.4. The van der Waals surface area contributed by atoms with E-state index in [1.807, 2.05) is 0 Å². The number of amides is 1. The summed E-state index contributed by atoms with van der Waals surface area (Å²) in [6.45, 7) is 4.57. The minimum absolute atomic E-state index is 0.0112. The predicted molar refractivity (Wildman–Crippen MR) is 119 cm³/mol. The van der Waals surface area contributed by atoms with Gasteiger partial charge in [-0.2, -0.15) is 31.4 Å². The van der Waals surface area contributed by atoms with Gasteiger partial charge in [0.15, 0.2) is 5.78 Å². The van der Waals surface area contributed by atoms with E-state index in [9.17, 15) is 35.9 Å². The van der Waals surface area contributed by atoms with Crippen molar-refractivity contribution < 1.29 is 60.5 Å². The molecule has 220 valence electrons. The van der Waals surface area contributed by atoms with Crippen LogP contribution < -0.4 is 4.90 Å². The number of rotatable bonds is 3. The average molecular weight is 584 g/mol. The van der Waals surface area contributed by atoms with Gasteiger partial charge in [0.2, 0.25) is 5.95 Å². The molecular formula is C21H22F6N6O7. The van der Waals surface area contributed by atoms with E-state index in [1.54, 1.807) is 23.4 Å². The normalized spacial score (nSPS) is 18.8. The summed E-state index contributed by atoms with van der Waals surface area (Å²) in [6, 6.07) is 3.29. The Morgan fingerprint density at radius 2 is 1.52 bits per heavy atom. The number of nitrogens with one attached hydrogen (secondary N) is 1. The fraction of sp³-hybridized carbons (Fsp3) is 0.476. The number of aliphatic carboxylic acids is 2. The molecule has 13 nitrogen and oxygen atoms in total. The van der Waals surface area contributed by atoms with Gasteiger partial charge in [0.05, 0.1) is 12.7 Å². The van der Waals surface area contributed by atoms with Gasteiger partial charge in [0.1, 0.15) is 11.4 Å². The van der Waals surface area contributed by atoms with E-state index < -0.39 is 24.3 Å². The molecule has 0 unspecified atom stereocenters. The van der Waals surface area contributed by atoms with Crippen molar-refractivity contribution in [2.24, 2.45) is 5.92 Å². The van der Waals surface area contributed by atoms with Crippen LogP contribution in [0.5, 0.6) is 0 Å². The van der Waals surface area contributed by atoms with E-state index >= 15 is 0 Å². The maximum Gasteiger partial charge on any atom is 0.490 e. The molecule has 2 saturated heterocycles. The van der Waals surface area contributed by atoms with Crippen LogP contribution in [-0.2, 0) is 14.3 Å². The van der Waals surface area contributed by atoms with Gasteiger partial charge in [-0.1, -0.05) is 0 Å². The monoisotopic (exact) mass is 584 g/mol. The summed E-state index contributed by atoms with van der Waals surface area (Å²) >= 11 is 0. The minimum Gasteiger partial charge on any atom is -0.475 e. The number of H-pyrrole nitrogens is 1. The highest BCUT2D eigenvalue weighted by molar-refractivity contribution is 5.97. The third kappa shape index (κ3) is 9.17. The summed E-state index contributed by atoms with van der Waals surface area (Å²) in [5.41, 5.74) is 0.598. The lowest BCUT2D eigenvalue weighted by Crippen LogP contribution is -2.35. The number of ether oxygens (including phenoxy) is 1. The number of carbonyl (C=O) groups excluding carboxylic acids is 2. The summed E-state index contributed by atoms with van der Waals surface area (Å²) in [5.74, 6) is -4.99. The topological polar surface area (TPSA) is 179 Å². The lowest BCUT2D eigenvalue weighted by atomic mass is 10.1. The van der Waals surface area contributed by atoms with Crippen molar-refractivity contribution in [3.05, 3.63) is 35.9 Å². The highest BCUT2D eigenvalue weighted by atomic mass is 19.4. The fourth-order valence-electron chi connectivity index (χ4n) is 3.48. The second-order valence-corrected chi connectivity index (χ2v) is 8.20. The van der Waals surface area contributed by atoms with Crippen LogP contribution >= 0.6 is 0 Å². The van der Waals surface area contributed by atoms with Crippen LogP contribution in [0.25, 0.3) is 0 Å². The predicted octanol–water partition coefficient (Wildman–Crippen LogP) is 1.65. The zero-order valence-electron chi connectivity index (χ0n) is 20.4. The van der Waals surface area contributed by atoms with E-state index in [4.69, 9.17) is 24.5 Å². The first-order valence-electron chi connectivity index (χ1n) is 11.1. The fourth-order valence-corrected chi connectivity index (χ4v) is 3.48. The Bertz CT molecular complexity index is 1170. The Labute approximate surface area is 220 Å². The second-order valence-electron chi connectivity index (χ2n) is 8.20. The molecule has 19 heteroatoms. The van der Waals surface area contributed by atoms with E-state index in [0.29, 0.717) is 31.3 Å². The molecule has 2 fully saturated rings. The summed E-state index contributed by atoms with van der Waals surface area (Å²) in [7, 11) is 0.